The molecule has 0 fully saturated rings. The van der Waals surface area contributed by atoms with Gasteiger partial charge in [-0.25, -0.2) is 0 Å². The lowest BCUT2D eigenvalue weighted by atomic mass is 10.1. The molecule has 12 heavy (non-hydrogen) atoms. The fourth-order valence-electron chi connectivity index (χ4n) is 0.943. The van der Waals surface area contributed by atoms with Crippen molar-refractivity contribution in [2.24, 2.45) is 5.18 Å². The third-order valence-corrected chi connectivity index (χ3v) is 2.50. The Hall–Kier alpha value is -0.830. The van der Waals surface area contributed by atoms with E-state index in [0.29, 0.717) is 0 Å². The summed E-state index contributed by atoms with van der Waals surface area (Å²) in [6, 6.07) is 7.65. The van der Waals surface area contributed by atoms with E-state index in [9.17, 15) is 4.91 Å². The van der Waals surface area contributed by atoms with Crippen molar-refractivity contribution in [3.05, 3.63) is 34.7 Å². The normalized spacial score (nSPS) is 12.5. The van der Waals surface area contributed by atoms with Gasteiger partial charge in [-0.3, -0.25) is 0 Å². The Labute approximate surface area is 76.3 Å². The van der Waals surface area contributed by atoms with Crippen LogP contribution in [0.1, 0.15) is 18.5 Å². The van der Waals surface area contributed by atoms with Gasteiger partial charge in [0.05, 0.1) is 0 Å². The van der Waals surface area contributed by atoms with Crippen molar-refractivity contribution in [3.63, 3.8) is 0 Å². The van der Waals surface area contributed by atoms with Gasteiger partial charge in [0.25, 0.3) is 0 Å². The third kappa shape index (κ3) is 2.08. The van der Waals surface area contributed by atoms with E-state index in [-0.39, 0.29) is 6.04 Å². The van der Waals surface area contributed by atoms with E-state index >= 15 is 0 Å². The van der Waals surface area contributed by atoms with Crippen molar-refractivity contribution in [1.29, 1.82) is 0 Å². The molecule has 0 spiro atoms. The zero-order valence-electron chi connectivity index (χ0n) is 7.15. The first-order valence-electron chi connectivity index (χ1n) is 3.74. The van der Waals surface area contributed by atoms with E-state index in [1.165, 1.54) is 4.90 Å². The summed E-state index contributed by atoms with van der Waals surface area (Å²) in [5, 5.41) is 2.96. The highest BCUT2D eigenvalue weighted by Gasteiger charge is 2.03. The van der Waals surface area contributed by atoms with E-state index in [0.717, 1.165) is 5.56 Å². The molecule has 3 heteroatoms. The molecule has 1 unspecified atom stereocenters. The molecule has 0 saturated heterocycles. The van der Waals surface area contributed by atoms with Gasteiger partial charge in [0.2, 0.25) is 0 Å². The van der Waals surface area contributed by atoms with Crippen LogP contribution in [-0.4, -0.2) is 6.26 Å². The molecule has 0 aliphatic rings. The predicted octanol–water partition coefficient (Wildman–Crippen LogP) is 3.24. The number of thioether (sulfide) groups is 1. The molecule has 0 aliphatic carbocycles. The maximum Gasteiger partial charge on any atom is 0.114 e. The van der Waals surface area contributed by atoms with Crippen LogP contribution < -0.4 is 0 Å². The summed E-state index contributed by atoms with van der Waals surface area (Å²) in [5.41, 5.74) is 0.975. The summed E-state index contributed by atoms with van der Waals surface area (Å²) >= 11 is 1.69. The lowest BCUT2D eigenvalue weighted by Crippen LogP contribution is -1.86. The Morgan fingerprint density at radius 1 is 1.33 bits per heavy atom. The lowest BCUT2D eigenvalue weighted by molar-refractivity contribution is 0.810. The topological polar surface area (TPSA) is 29.4 Å². The fourth-order valence-corrected chi connectivity index (χ4v) is 1.35. The van der Waals surface area contributed by atoms with Crippen LogP contribution in [0.3, 0.4) is 0 Å². The second kappa shape index (κ2) is 4.26. The van der Waals surface area contributed by atoms with E-state index in [2.05, 4.69) is 5.18 Å². The molecule has 0 heterocycles. The van der Waals surface area contributed by atoms with Gasteiger partial charge in [-0.15, -0.1) is 11.8 Å². The molecule has 0 aliphatic heterocycles. The first-order valence-corrected chi connectivity index (χ1v) is 4.97. The molecular weight excluding hydrogens is 170 g/mol. The van der Waals surface area contributed by atoms with Crippen LogP contribution in [0.2, 0.25) is 0 Å². The maximum absolute atomic E-state index is 10.2. The molecule has 1 aromatic rings. The molecule has 1 rings (SSSR count). The summed E-state index contributed by atoms with van der Waals surface area (Å²) in [4.78, 5) is 11.4. The van der Waals surface area contributed by atoms with Crippen molar-refractivity contribution in [2.75, 3.05) is 6.26 Å². The summed E-state index contributed by atoms with van der Waals surface area (Å²) in [6.45, 7) is 1.79. The molecule has 2 nitrogen and oxygen atoms in total. The molecule has 0 amide bonds. The Balaban J connectivity index is 2.84. The molecule has 0 N–H and O–H groups in total. The second-order valence-corrected chi connectivity index (χ2v) is 3.43. The highest BCUT2D eigenvalue weighted by molar-refractivity contribution is 7.98. The van der Waals surface area contributed by atoms with Gasteiger partial charge in [0.1, 0.15) is 6.04 Å². The standard InChI is InChI=1S/C9H11NOS/c1-7(10-11)8-3-5-9(12-2)6-4-8/h3-7H,1-2H3. The van der Waals surface area contributed by atoms with Crippen LogP contribution in [0.25, 0.3) is 0 Å². The van der Waals surface area contributed by atoms with Crippen LogP contribution in [0.4, 0.5) is 0 Å². The number of hydrogen-bond acceptors (Lipinski definition) is 3. The van der Waals surface area contributed by atoms with Gasteiger partial charge in [-0.05, 0) is 30.9 Å². The summed E-state index contributed by atoms with van der Waals surface area (Å²) in [7, 11) is 0. The van der Waals surface area contributed by atoms with Crippen LogP contribution in [0, 0.1) is 4.91 Å². The highest BCUT2D eigenvalue weighted by atomic mass is 32.2. The van der Waals surface area contributed by atoms with E-state index in [4.69, 9.17) is 0 Å². The average molecular weight is 181 g/mol. The number of hydrogen-bond donors (Lipinski definition) is 0. The number of nitrogens with zero attached hydrogens (tertiary/aromatic N) is 1. The first-order chi connectivity index (χ1) is 5.77. The molecular formula is C9H11NOS. The molecule has 0 bridgehead atoms. The Morgan fingerprint density at radius 2 is 1.92 bits per heavy atom. The van der Waals surface area contributed by atoms with E-state index in [1.807, 2.05) is 30.5 Å². The number of nitroso groups, excluding NO2 is 1. The molecule has 0 radical (unpaired) electrons. The van der Waals surface area contributed by atoms with Crippen LogP contribution in [-0.2, 0) is 0 Å². The smallest absolute Gasteiger partial charge is 0.114 e. The molecule has 0 aromatic heterocycles. The van der Waals surface area contributed by atoms with E-state index < -0.39 is 0 Å². The van der Waals surface area contributed by atoms with Crippen molar-refractivity contribution in [3.8, 4) is 0 Å². The maximum atomic E-state index is 10.2. The lowest BCUT2D eigenvalue weighted by Gasteiger charge is -2.02. The van der Waals surface area contributed by atoms with Crippen molar-refractivity contribution >= 4 is 11.8 Å². The first kappa shape index (κ1) is 9.26. The average Bonchev–Trinajstić information content (AvgIpc) is 2.17. The van der Waals surface area contributed by atoms with Gasteiger partial charge in [-0.1, -0.05) is 17.3 Å². The minimum atomic E-state index is -0.235. The summed E-state index contributed by atoms with van der Waals surface area (Å²) in [5.74, 6) is 0. The van der Waals surface area contributed by atoms with Crippen LogP contribution in [0.5, 0.6) is 0 Å². The number of rotatable bonds is 3. The van der Waals surface area contributed by atoms with Crippen molar-refractivity contribution in [2.45, 2.75) is 17.9 Å². The van der Waals surface area contributed by atoms with Crippen molar-refractivity contribution < 1.29 is 0 Å². The van der Waals surface area contributed by atoms with Gasteiger partial charge < -0.3 is 0 Å². The van der Waals surface area contributed by atoms with Gasteiger partial charge >= 0.3 is 0 Å². The molecule has 0 saturated carbocycles. The van der Waals surface area contributed by atoms with Gasteiger partial charge in [0.15, 0.2) is 0 Å². The Morgan fingerprint density at radius 3 is 2.33 bits per heavy atom. The third-order valence-electron chi connectivity index (χ3n) is 1.76. The van der Waals surface area contributed by atoms with Gasteiger partial charge in [-0.2, -0.15) is 4.91 Å². The predicted molar refractivity (Wildman–Crippen MR) is 52.4 cm³/mol. The van der Waals surface area contributed by atoms with Crippen molar-refractivity contribution in [1.82, 2.24) is 0 Å². The zero-order valence-corrected chi connectivity index (χ0v) is 7.97. The van der Waals surface area contributed by atoms with Crippen LogP contribution >= 0.6 is 11.8 Å². The minimum absolute atomic E-state index is 0.235. The SMILES string of the molecule is CSc1ccc(C(C)N=O)cc1. The molecule has 1 aromatic carbocycles. The van der Waals surface area contributed by atoms with E-state index in [1.54, 1.807) is 18.7 Å². The summed E-state index contributed by atoms with van der Waals surface area (Å²) < 4.78 is 0. The van der Waals surface area contributed by atoms with Crippen LogP contribution in [0.15, 0.2) is 34.3 Å². The molecule has 64 valence electrons. The highest BCUT2D eigenvalue weighted by Crippen LogP contribution is 2.20. The zero-order chi connectivity index (χ0) is 8.97. The van der Waals surface area contributed by atoms with Gasteiger partial charge in [0, 0.05) is 4.90 Å². The minimum Gasteiger partial charge on any atom is -0.150 e. The Bertz CT molecular complexity index is 258. The Kier molecular flexibility index (Phi) is 3.29. The molecule has 1 atom stereocenters. The second-order valence-electron chi connectivity index (χ2n) is 2.55. The monoisotopic (exact) mass is 181 g/mol. The summed E-state index contributed by atoms with van der Waals surface area (Å²) in [6.07, 6.45) is 2.02. The fraction of sp³-hybridized carbons (Fsp3) is 0.333. The number of benzene rings is 1. The largest absolute Gasteiger partial charge is 0.150 e. The quantitative estimate of drug-likeness (QED) is 0.529.